The number of anilines is 1. The lowest BCUT2D eigenvalue weighted by molar-refractivity contribution is 0.282. The van der Waals surface area contributed by atoms with Crippen molar-refractivity contribution >= 4 is 21.6 Å². The van der Waals surface area contributed by atoms with Crippen LogP contribution in [0.2, 0.25) is 0 Å². The molecule has 0 unspecified atom stereocenters. The lowest BCUT2D eigenvalue weighted by atomic mass is 10.1. The fourth-order valence-corrected chi connectivity index (χ4v) is 2.01. The van der Waals surface area contributed by atoms with E-state index in [2.05, 4.69) is 33.9 Å². The predicted molar refractivity (Wildman–Crippen MR) is 61.5 cm³/mol. The van der Waals surface area contributed by atoms with Gasteiger partial charge >= 0.3 is 0 Å². The molecule has 14 heavy (non-hydrogen) atoms. The maximum atomic E-state index is 9.22. The second-order valence-electron chi connectivity index (χ2n) is 3.77. The van der Waals surface area contributed by atoms with Crippen molar-refractivity contribution < 1.29 is 5.11 Å². The van der Waals surface area contributed by atoms with Crippen LogP contribution in [0.5, 0.6) is 0 Å². The minimum absolute atomic E-state index is 0.111. The average molecular weight is 256 g/mol. The van der Waals surface area contributed by atoms with Crippen LogP contribution in [0, 0.1) is 0 Å². The summed E-state index contributed by atoms with van der Waals surface area (Å²) in [5, 5.41) is 9.22. The number of aliphatic hydroxyl groups is 1. The van der Waals surface area contributed by atoms with E-state index in [1.54, 1.807) is 0 Å². The first-order valence-corrected chi connectivity index (χ1v) is 5.64. The molecule has 3 heteroatoms. The topological polar surface area (TPSA) is 23.5 Å². The Morgan fingerprint density at radius 1 is 1.50 bits per heavy atom. The standard InChI is InChI=1S/C11H14BrNO/c1-13(10-4-5-10)11-6-9(12)3-2-8(11)7-14/h2-3,6,10,14H,4-5,7H2,1H3. The molecule has 2 rings (SSSR count). The van der Waals surface area contributed by atoms with Crippen LogP contribution < -0.4 is 4.90 Å². The van der Waals surface area contributed by atoms with Crippen LogP contribution in [0.4, 0.5) is 5.69 Å². The molecule has 0 heterocycles. The zero-order chi connectivity index (χ0) is 10.1. The van der Waals surface area contributed by atoms with Crippen molar-refractivity contribution in [1.29, 1.82) is 0 Å². The lowest BCUT2D eigenvalue weighted by Crippen LogP contribution is -2.20. The summed E-state index contributed by atoms with van der Waals surface area (Å²) in [6.07, 6.45) is 2.54. The van der Waals surface area contributed by atoms with Crippen molar-refractivity contribution in [3.05, 3.63) is 28.2 Å². The monoisotopic (exact) mass is 255 g/mol. The molecule has 1 N–H and O–H groups in total. The van der Waals surface area contributed by atoms with E-state index in [9.17, 15) is 5.11 Å². The zero-order valence-electron chi connectivity index (χ0n) is 8.20. The smallest absolute Gasteiger partial charge is 0.0702 e. The molecule has 0 radical (unpaired) electrons. The van der Waals surface area contributed by atoms with E-state index in [1.807, 2.05) is 12.1 Å². The molecule has 0 atom stereocenters. The highest BCUT2D eigenvalue weighted by molar-refractivity contribution is 9.10. The predicted octanol–water partition coefficient (Wildman–Crippen LogP) is 2.54. The van der Waals surface area contributed by atoms with Crippen LogP contribution in [-0.2, 0) is 6.61 Å². The van der Waals surface area contributed by atoms with E-state index < -0.39 is 0 Å². The van der Waals surface area contributed by atoms with Gasteiger partial charge in [-0.15, -0.1) is 0 Å². The first-order chi connectivity index (χ1) is 6.72. The SMILES string of the molecule is CN(c1cc(Br)ccc1CO)C1CC1. The van der Waals surface area contributed by atoms with Gasteiger partial charge in [0.2, 0.25) is 0 Å². The second kappa shape index (κ2) is 3.91. The fourth-order valence-electron chi connectivity index (χ4n) is 1.66. The summed E-state index contributed by atoms with van der Waals surface area (Å²) >= 11 is 3.46. The molecule has 76 valence electrons. The van der Waals surface area contributed by atoms with Crippen molar-refractivity contribution in [3.8, 4) is 0 Å². The van der Waals surface area contributed by atoms with Gasteiger partial charge in [-0.05, 0) is 25.0 Å². The average Bonchev–Trinajstić information content (AvgIpc) is 3.00. The molecule has 1 aliphatic rings. The second-order valence-corrected chi connectivity index (χ2v) is 4.69. The number of nitrogens with zero attached hydrogens (tertiary/aromatic N) is 1. The van der Waals surface area contributed by atoms with Crippen molar-refractivity contribution in [3.63, 3.8) is 0 Å². The summed E-state index contributed by atoms with van der Waals surface area (Å²) in [7, 11) is 2.10. The highest BCUT2D eigenvalue weighted by Crippen LogP contribution is 2.33. The van der Waals surface area contributed by atoms with Gasteiger partial charge in [0, 0.05) is 28.8 Å². The van der Waals surface area contributed by atoms with Gasteiger partial charge in [0.25, 0.3) is 0 Å². The Morgan fingerprint density at radius 2 is 2.21 bits per heavy atom. The normalized spacial score (nSPS) is 15.6. The zero-order valence-corrected chi connectivity index (χ0v) is 9.79. The summed E-state index contributed by atoms with van der Waals surface area (Å²) in [4.78, 5) is 2.26. The summed E-state index contributed by atoms with van der Waals surface area (Å²) in [6.45, 7) is 0.111. The minimum Gasteiger partial charge on any atom is -0.392 e. The van der Waals surface area contributed by atoms with Crippen molar-refractivity contribution in [1.82, 2.24) is 0 Å². The van der Waals surface area contributed by atoms with Gasteiger partial charge in [-0.2, -0.15) is 0 Å². The van der Waals surface area contributed by atoms with Crippen LogP contribution in [0.25, 0.3) is 0 Å². The molecule has 2 nitrogen and oxygen atoms in total. The van der Waals surface area contributed by atoms with Crippen LogP contribution in [-0.4, -0.2) is 18.2 Å². The fraction of sp³-hybridized carbons (Fsp3) is 0.455. The Labute approximate surface area is 92.7 Å². The number of benzene rings is 1. The molecule has 0 saturated heterocycles. The van der Waals surface area contributed by atoms with E-state index in [0.717, 1.165) is 15.7 Å². The first-order valence-electron chi connectivity index (χ1n) is 4.84. The van der Waals surface area contributed by atoms with Gasteiger partial charge in [0.05, 0.1) is 6.61 Å². The van der Waals surface area contributed by atoms with Gasteiger partial charge in [-0.3, -0.25) is 0 Å². The molecule has 1 aliphatic carbocycles. The lowest BCUT2D eigenvalue weighted by Gasteiger charge is -2.21. The van der Waals surface area contributed by atoms with Crippen molar-refractivity contribution in [2.75, 3.05) is 11.9 Å². The van der Waals surface area contributed by atoms with Crippen LogP contribution in [0.15, 0.2) is 22.7 Å². The third-order valence-corrected chi connectivity index (χ3v) is 3.19. The Morgan fingerprint density at radius 3 is 2.79 bits per heavy atom. The number of rotatable bonds is 3. The largest absolute Gasteiger partial charge is 0.392 e. The van der Waals surface area contributed by atoms with Crippen LogP contribution in [0.1, 0.15) is 18.4 Å². The number of halogens is 1. The van der Waals surface area contributed by atoms with Gasteiger partial charge in [-0.25, -0.2) is 0 Å². The Hall–Kier alpha value is -0.540. The van der Waals surface area contributed by atoms with Gasteiger partial charge in [0.15, 0.2) is 0 Å². The molecule has 0 bridgehead atoms. The molecule has 0 spiro atoms. The maximum Gasteiger partial charge on any atom is 0.0702 e. The molecule has 0 amide bonds. The first kappa shape index (κ1) is 9.99. The Kier molecular flexibility index (Phi) is 2.79. The van der Waals surface area contributed by atoms with Gasteiger partial charge in [0.1, 0.15) is 0 Å². The summed E-state index contributed by atoms with van der Waals surface area (Å²) < 4.78 is 1.07. The van der Waals surface area contributed by atoms with E-state index in [0.29, 0.717) is 6.04 Å². The van der Waals surface area contributed by atoms with Gasteiger partial charge in [-0.1, -0.05) is 22.0 Å². The summed E-state index contributed by atoms with van der Waals surface area (Å²) in [5.41, 5.74) is 2.15. The Bertz CT molecular complexity index is 336. The molecular weight excluding hydrogens is 242 g/mol. The Balaban J connectivity index is 2.32. The van der Waals surface area contributed by atoms with E-state index in [1.165, 1.54) is 12.8 Å². The molecule has 1 saturated carbocycles. The van der Waals surface area contributed by atoms with Crippen molar-refractivity contribution in [2.45, 2.75) is 25.5 Å². The summed E-state index contributed by atoms with van der Waals surface area (Å²) in [6, 6.07) is 6.69. The van der Waals surface area contributed by atoms with Gasteiger partial charge < -0.3 is 10.0 Å². The maximum absolute atomic E-state index is 9.22. The van der Waals surface area contributed by atoms with Crippen LogP contribution >= 0.6 is 15.9 Å². The van der Waals surface area contributed by atoms with E-state index in [4.69, 9.17) is 0 Å². The molecule has 0 aliphatic heterocycles. The number of hydrogen-bond acceptors (Lipinski definition) is 2. The molecular formula is C11H14BrNO. The minimum atomic E-state index is 0.111. The summed E-state index contributed by atoms with van der Waals surface area (Å²) in [5.74, 6) is 0. The molecule has 1 fully saturated rings. The highest BCUT2D eigenvalue weighted by Gasteiger charge is 2.27. The quantitative estimate of drug-likeness (QED) is 0.898. The van der Waals surface area contributed by atoms with E-state index >= 15 is 0 Å². The van der Waals surface area contributed by atoms with E-state index in [-0.39, 0.29) is 6.61 Å². The molecule has 0 aromatic heterocycles. The molecule has 1 aromatic carbocycles. The van der Waals surface area contributed by atoms with Crippen LogP contribution in [0.3, 0.4) is 0 Å². The third-order valence-electron chi connectivity index (χ3n) is 2.69. The number of aliphatic hydroxyl groups excluding tert-OH is 1. The van der Waals surface area contributed by atoms with Crippen molar-refractivity contribution in [2.24, 2.45) is 0 Å². The third kappa shape index (κ3) is 1.93. The number of hydrogen-bond donors (Lipinski definition) is 1. The highest BCUT2D eigenvalue weighted by atomic mass is 79.9. The molecule has 1 aromatic rings.